The first-order valence-electron chi connectivity index (χ1n) is 6.19. The molecule has 0 radical (unpaired) electrons. The first-order valence-corrected chi connectivity index (χ1v) is 7.80. The molecule has 0 amide bonds. The minimum atomic E-state index is -3.19. The highest BCUT2D eigenvalue weighted by Gasteiger charge is 2.32. The van der Waals surface area contributed by atoms with Crippen LogP contribution < -0.4 is 5.32 Å². The van der Waals surface area contributed by atoms with Gasteiger partial charge in [0.05, 0.1) is 18.5 Å². The Hall–Kier alpha value is -0.170. The molecular formula is C11H24N2O3S. The molecule has 6 heteroatoms. The summed E-state index contributed by atoms with van der Waals surface area (Å²) < 4.78 is 31.2. The van der Waals surface area contributed by atoms with Crippen molar-refractivity contribution in [2.24, 2.45) is 0 Å². The molecule has 1 rings (SSSR count). The molecular weight excluding hydrogens is 240 g/mol. The number of piperazine rings is 1. The Labute approximate surface area is 105 Å². The maximum atomic E-state index is 12.1. The van der Waals surface area contributed by atoms with Gasteiger partial charge in [0.1, 0.15) is 0 Å². The number of nitrogens with zero attached hydrogens (tertiary/aromatic N) is 1. The molecule has 17 heavy (non-hydrogen) atoms. The summed E-state index contributed by atoms with van der Waals surface area (Å²) in [6.45, 7) is 9.30. The molecule has 0 aromatic carbocycles. The number of ether oxygens (including phenoxy) is 1. The zero-order valence-electron chi connectivity index (χ0n) is 11.1. The molecule has 5 nitrogen and oxygen atoms in total. The van der Waals surface area contributed by atoms with Gasteiger partial charge in [-0.25, -0.2) is 8.42 Å². The van der Waals surface area contributed by atoms with Crippen molar-refractivity contribution in [3.05, 3.63) is 0 Å². The molecule has 0 spiro atoms. The molecule has 1 aliphatic rings. The second kappa shape index (κ2) is 6.13. The maximum Gasteiger partial charge on any atom is 0.216 e. The number of nitrogens with one attached hydrogen (secondary N) is 1. The minimum Gasteiger partial charge on any atom is -0.378 e. The Morgan fingerprint density at radius 1 is 1.41 bits per heavy atom. The predicted molar refractivity (Wildman–Crippen MR) is 68.5 cm³/mol. The Kier molecular flexibility index (Phi) is 5.37. The van der Waals surface area contributed by atoms with Crippen LogP contribution in [0.2, 0.25) is 0 Å². The normalized spacial score (nSPS) is 27.6. The molecule has 1 fully saturated rings. The molecule has 2 atom stereocenters. The van der Waals surface area contributed by atoms with Crippen LogP contribution in [0.4, 0.5) is 0 Å². The van der Waals surface area contributed by atoms with Crippen molar-refractivity contribution in [1.82, 2.24) is 9.62 Å². The highest BCUT2D eigenvalue weighted by Crippen LogP contribution is 2.14. The van der Waals surface area contributed by atoms with Crippen LogP contribution in [-0.4, -0.2) is 56.4 Å². The van der Waals surface area contributed by atoms with Gasteiger partial charge in [0.15, 0.2) is 0 Å². The summed E-state index contributed by atoms with van der Waals surface area (Å²) in [5.41, 5.74) is 0. The number of hydrogen-bond acceptors (Lipinski definition) is 4. The van der Waals surface area contributed by atoms with Crippen molar-refractivity contribution >= 4 is 10.0 Å². The molecule has 2 unspecified atom stereocenters. The van der Waals surface area contributed by atoms with E-state index in [9.17, 15) is 8.42 Å². The topological polar surface area (TPSA) is 58.6 Å². The van der Waals surface area contributed by atoms with Gasteiger partial charge in [0, 0.05) is 25.2 Å². The standard InChI is InChI=1S/C11H24N2O3S/c1-9(2)16-7-8-17(14,15)13-6-5-12-10(3)11(13)4/h9-12H,5-8H2,1-4H3. The fourth-order valence-corrected chi connectivity index (χ4v) is 3.52. The van der Waals surface area contributed by atoms with Crippen molar-refractivity contribution in [2.75, 3.05) is 25.4 Å². The van der Waals surface area contributed by atoms with E-state index in [1.54, 1.807) is 4.31 Å². The predicted octanol–water partition coefficient (Wildman–Crippen LogP) is 0.423. The largest absolute Gasteiger partial charge is 0.378 e. The number of hydrogen-bond donors (Lipinski definition) is 1. The number of sulfonamides is 1. The van der Waals surface area contributed by atoms with Gasteiger partial charge in [-0.15, -0.1) is 0 Å². The Bertz CT molecular complexity index is 330. The Morgan fingerprint density at radius 2 is 2.06 bits per heavy atom. The third-order valence-electron chi connectivity index (χ3n) is 3.13. The molecule has 1 saturated heterocycles. The van der Waals surface area contributed by atoms with Crippen LogP contribution in [0.1, 0.15) is 27.7 Å². The molecule has 1 aliphatic heterocycles. The molecule has 102 valence electrons. The molecule has 1 N–H and O–H groups in total. The molecule has 0 aliphatic carbocycles. The van der Waals surface area contributed by atoms with Crippen LogP contribution in [0.3, 0.4) is 0 Å². The van der Waals surface area contributed by atoms with Crippen molar-refractivity contribution in [1.29, 1.82) is 0 Å². The fourth-order valence-electron chi connectivity index (χ4n) is 1.92. The highest BCUT2D eigenvalue weighted by atomic mass is 32.2. The van der Waals surface area contributed by atoms with Crippen LogP contribution >= 0.6 is 0 Å². The number of rotatable bonds is 5. The van der Waals surface area contributed by atoms with Crippen LogP contribution in [-0.2, 0) is 14.8 Å². The summed E-state index contributed by atoms with van der Waals surface area (Å²) in [6.07, 6.45) is 0.0737. The van der Waals surface area contributed by atoms with Gasteiger partial charge >= 0.3 is 0 Å². The summed E-state index contributed by atoms with van der Waals surface area (Å²) in [6, 6.07) is 0.206. The molecule has 0 aromatic heterocycles. The van der Waals surface area contributed by atoms with E-state index in [4.69, 9.17) is 4.74 Å². The third-order valence-corrected chi connectivity index (χ3v) is 5.04. The zero-order chi connectivity index (χ0) is 13.1. The Balaban J connectivity index is 2.56. The average Bonchev–Trinajstić information content (AvgIpc) is 2.21. The lowest BCUT2D eigenvalue weighted by Crippen LogP contribution is -2.57. The minimum absolute atomic E-state index is 0.00722. The van der Waals surface area contributed by atoms with Gasteiger partial charge in [-0.2, -0.15) is 4.31 Å². The van der Waals surface area contributed by atoms with Crippen LogP contribution in [0.25, 0.3) is 0 Å². The lowest BCUT2D eigenvalue weighted by Gasteiger charge is -2.37. The van der Waals surface area contributed by atoms with Crippen LogP contribution in [0.15, 0.2) is 0 Å². The second-order valence-electron chi connectivity index (χ2n) is 4.83. The fraction of sp³-hybridized carbons (Fsp3) is 1.00. The summed E-state index contributed by atoms with van der Waals surface area (Å²) in [4.78, 5) is 0. The molecule has 0 bridgehead atoms. The monoisotopic (exact) mass is 264 g/mol. The van der Waals surface area contributed by atoms with E-state index in [2.05, 4.69) is 5.32 Å². The lowest BCUT2D eigenvalue weighted by atomic mass is 10.1. The maximum absolute atomic E-state index is 12.1. The highest BCUT2D eigenvalue weighted by molar-refractivity contribution is 7.89. The summed E-state index contributed by atoms with van der Waals surface area (Å²) in [7, 11) is -3.19. The van der Waals surface area contributed by atoms with Gasteiger partial charge in [-0.05, 0) is 27.7 Å². The first kappa shape index (κ1) is 14.9. The van der Waals surface area contributed by atoms with E-state index < -0.39 is 10.0 Å². The van der Waals surface area contributed by atoms with E-state index in [0.29, 0.717) is 6.54 Å². The smallest absolute Gasteiger partial charge is 0.216 e. The third kappa shape index (κ3) is 4.21. The van der Waals surface area contributed by atoms with Crippen molar-refractivity contribution in [2.45, 2.75) is 45.9 Å². The molecule has 0 saturated carbocycles. The lowest BCUT2D eigenvalue weighted by molar-refractivity contribution is 0.0902. The van der Waals surface area contributed by atoms with E-state index in [1.807, 2.05) is 27.7 Å². The quantitative estimate of drug-likeness (QED) is 0.782. The summed E-state index contributed by atoms with van der Waals surface area (Å²) in [5.74, 6) is 0.0717. The van der Waals surface area contributed by atoms with E-state index in [-0.39, 0.29) is 30.5 Å². The second-order valence-corrected chi connectivity index (χ2v) is 6.87. The average molecular weight is 264 g/mol. The van der Waals surface area contributed by atoms with Gasteiger partial charge in [0.25, 0.3) is 0 Å². The van der Waals surface area contributed by atoms with Gasteiger partial charge in [-0.3, -0.25) is 0 Å². The van der Waals surface area contributed by atoms with E-state index in [0.717, 1.165) is 6.54 Å². The zero-order valence-corrected chi connectivity index (χ0v) is 12.0. The van der Waals surface area contributed by atoms with Gasteiger partial charge in [0.2, 0.25) is 10.0 Å². The molecule has 1 heterocycles. The van der Waals surface area contributed by atoms with E-state index in [1.165, 1.54) is 0 Å². The van der Waals surface area contributed by atoms with Crippen molar-refractivity contribution < 1.29 is 13.2 Å². The van der Waals surface area contributed by atoms with Crippen LogP contribution in [0.5, 0.6) is 0 Å². The van der Waals surface area contributed by atoms with Crippen molar-refractivity contribution in [3.63, 3.8) is 0 Å². The molecule has 0 aromatic rings. The summed E-state index contributed by atoms with van der Waals surface area (Å²) >= 11 is 0. The van der Waals surface area contributed by atoms with E-state index >= 15 is 0 Å². The first-order chi connectivity index (χ1) is 7.84. The SMILES string of the molecule is CC(C)OCCS(=O)(=O)N1CCNC(C)C1C. The Morgan fingerprint density at radius 3 is 2.65 bits per heavy atom. The van der Waals surface area contributed by atoms with Crippen molar-refractivity contribution in [3.8, 4) is 0 Å². The van der Waals surface area contributed by atoms with Crippen LogP contribution in [0, 0.1) is 0 Å². The van der Waals surface area contributed by atoms with Gasteiger partial charge in [-0.1, -0.05) is 0 Å². The summed E-state index contributed by atoms with van der Waals surface area (Å²) in [5, 5.41) is 3.27. The van der Waals surface area contributed by atoms with Gasteiger partial charge < -0.3 is 10.1 Å².